The predicted molar refractivity (Wildman–Crippen MR) is 66.3 cm³/mol. The summed E-state index contributed by atoms with van der Waals surface area (Å²) >= 11 is 0. The van der Waals surface area contributed by atoms with Gasteiger partial charge in [0, 0.05) is 18.2 Å². The summed E-state index contributed by atoms with van der Waals surface area (Å²) in [7, 11) is -1.46. The molecule has 0 fully saturated rings. The lowest BCUT2D eigenvalue weighted by Crippen LogP contribution is -2.06. The van der Waals surface area contributed by atoms with Crippen molar-refractivity contribution in [2.45, 2.75) is 12.8 Å². The van der Waals surface area contributed by atoms with Gasteiger partial charge in [-0.15, -0.1) is 0 Å². The molecule has 4 nitrogen and oxygen atoms in total. The summed E-state index contributed by atoms with van der Waals surface area (Å²) in [6.45, 7) is 0. The number of hydrogen-bond donors (Lipinski definition) is 0. The minimum Gasteiger partial charge on any atom is -0.497 e. The lowest BCUT2D eigenvalue weighted by molar-refractivity contribution is 0.0981. The molecular weight excluding hydrogens is 240 g/mol. The van der Waals surface area contributed by atoms with Crippen molar-refractivity contribution in [2.24, 2.45) is 0 Å². The van der Waals surface area contributed by atoms with Crippen molar-refractivity contribution in [3.05, 3.63) is 29.8 Å². The molecule has 0 saturated carbocycles. The molecule has 0 radical (unpaired) electrons. The third-order valence-corrected chi connectivity index (χ3v) is 3.34. The van der Waals surface area contributed by atoms with Crippen LogP contribution in [0, 0.1) is 0 Å². The first-order valence-electron chi connectivity index (χ1n) is 5.27. The number of benzene rings is 1. The molecule has 0 heterocycles. The van der Waals surface area contributed by atoms with Crippen molar-refractivity contribution in [2.75, 3.05) is 19.1 Å². The molecule has 1 rings (SSSR count). The normalized spacial score (nSPS) is 11.2. The van der Waals surface area contributed by atoms with Crippen molar-refractivity contribution in [3.8, 4) is 5.75 Å². The molecule has 0 N–H and O–H groups in total. The monoisotopic (exact) mass is 256 g/mol. The van der Waals surface area contributed by atoms with Crippen LogP contribution in [0.3, 0.4) is 0 Å². The maximum Gasteiger partial charge on any atom is 0.163 e. The Kier molecular flexibility index (Phi) is 4.69. The van der Waals surface area contributed by atoms with Gasteiger partial charge in [0.05, 0.1) is 12.9 Å². The second-order valence-electron chi connectivity index (χ2n) is 3.89. The molecule has 0 aliphatic heterocycles. The van der Waals surface area contributed by atoms with Crippen LogP contribution in [-0.4, -0.2) is 33.3 Å². The number of hydrogen-bond acceptors (Lipinski definition) is 4. The standard InChI is InChI=1S/C12H16O4S/c1-16-11-6-3-5-10(9-11)12(13)7-4-8-17(2,14)15/h3,5-6,9H,4,7-8H2,1-2H3. The average molecular weight is 256 g/mol. The highest BCUT2D eigenvalue weighted by Crippen LogP contribution is 2.14. The van der Waals surface area contributed by atoms with Gasteiger partial charge in [-0.05, 0) is 18.6 Å². The molecule has 0 aliphatic carbocycles. The molecule has 0 saturated heterocycles. The van der Waals surface area contributed by atoms with Gasteiger partial charge < -0.3 is 4.74 Å². The Bertz CT molecular complexity index is 491. The first-order chi connectivity index (χ1) is 7.92. The van der Waals surface area contributed by atoms with E-state index < -0.39 is 9.84 Å². The van der Waals surface area contributed by atoms with Gasteiger partial charge in [0.2, 0.25) is 0 Å². The third-order valence-electron chi connectivity index (χ3n) is 2.31. The highest BCUT2D eigenvalue weighted by molar-refractivity contribution is 7.90. The molecule has 0 aromatic heterocycles. The summed E-state index contributed by atoms with van der Waals surface area (Å²) in [5, 5.41) is 0. The van der Waals surface area contributed by atoms with E-state index in [1.54, 1.807) is 24.3 Å². The second kappa shape index (κ2) is 5.82. The van der Waals surface area contributed by atoms with Crippen molar-refractivity contribution >= 4 is 15.6 Å². The first kappa shape index (κ1) is 13.7. The Morgan fingerprint density at radius 2 is 2.06 bits per heavy atom. The molecule has 0 spiro atoms. The SMILES string of the molecule is COc1cccc(C(=O)CCCS(C)(=O)=O)c1. The van der Waals surface area contributed by atoms with Gasteiger partial charge in [-0.25, -0.2) is 8.42 Å². The lowest BCUT2D eigenvalue weighted by atomic mass is 10.1. The maximum absolute atomic E-state index is 11.7. The minimum atomic E-state index is -2.99. The highest BCUT2D eigenvalue weighted by atomic mass is 32.2. The lowest BCUT2D eigenvalue weighted by Gasteiger charge is -2.03. The number of methoxy groups -OCH3 is 1. The van der Waals surface area contributed by atoms with E-state index in [0.717, 1.165) is 0 Å². The van der Waals surface area contributed by atoms with Crippen molar-refractivity contribution in [3.63, 3.8) is 0 Å². The van der Waals surface area contributed by atoms with Gasteiger partial charge >= 0.3 is 0 Å². The summed E-state index contributed by atoms with van der Waals surface area (Å²) in [6, 6.07) is 6.85. The zero-order valence-corrected chi connectivity index (χ0v) is 10.8. The van der Waals surface area contributed by atoms with Gasteiger partial charge in [0.25, 0.3) is 0 Å². The molecule has 1 aromatic carbocycles. The topological polar surface area (TPSA) is 60.4 Å². The highest BCUT2D eigenvalue weighted by Gasteiger charge is 2.09. The Morgan fingerprint density at radius 3 is 2.65 bits per heavy atom. The summed E-state index contributed by atoms with van der Waals surface area (Å²) in [5.74, 6) is 0.606. The fraction of sp³-hybridized carbons (Fsp3) is 0.417. The van der Waals surface area contributed by atoms with Crippen LogP contribution in [0.5, 0.6) is 5.75 Å². The molecule has 5 heteroatoms. The molecule has 17 heavy (non-hydrogen) atoms. The number of Topliss-reactive ketones (excluding diaryl/α,β-unsaturated/α-hetero) is 1. The van der Waals surface area contributed by atoms with Crippen LogP contribution in [0.1, 0.15) is 23.2 Å². The maximum atomic E-state index is 11.7. The van der Waals surface area contributed by atoms with Crippen LogP contribution in [0.15, 0.2) is 24.3 Å². The van der Waals surface area contributed by atoms with E-state index in [2.05, 4.69) is 0 Å². The smallest absolute Gasteiger partial charge is 0.163 e. The fourth-order valence-electron chi connectivity index (χ4n) is 1.44. The van der Waals surface area contributed by atoms with Gasteiger partial charge in [0.1, 0.15) is 15.6 Å². The third kappa shape index (κ3) is 4.99. The number of carbonyl (C=O) groups excluding carboxylic acids is 1. The van der Waals surface area contributed by atoms with Crippen LogP contribution in [0.25, 0.3) is 0 Å². The second-order valence-corrected chi connectivity index (χ2v) is 6.15. The number of carbonyl (C=O) groups is 1. The summed E-state index contributed by atoms with van der Waals surface area (Å²) < 4.78 is 26.9. The Morgan fingerprint density at radius 1 is 1.35 bits per heavy atom. The van der Waals surface area contributed by atoms with Gasteiger partial charge in [-0.1, -0.05) is 12.1 Å². The van der Waals surface area contributed by atoms with Crippen LogP contribution < -0.4 is 4.74 Å². The predicted octanol–water partition coefficient (Wildman–Crippen LogP) is 1.70. The summed E-state index contributed by atoms with van der Waals surface area (Å²) in [5.41, 5.74) is 0.554. The Labute approximate surface area is 102 Å². The molecule has 0 bridgehead atoms. The molecule has 94 valence electrons. The van der Waals surface area contributed by atoms with Gasteiger partial charge in [-0.2, -0.15) is 0 Å². The van der Waals surface area contributed by atoms with Crippen LogP contribution in [0.2, 0.25) is 0 Å². The van der Waals surface area contributed by atoms with Crippen molar-refractivity contribution in [1.82, 2.24) is 0 Å². The van der Waals surface area contributed by atoms with E-state index in [-0.39, 0.29) is 18.0 Å². The van der Waals surface area contributed by atoms with Crippen LogP contribution in [0.4, 0.5) is 0 Å². The molecule has 0 unspecified atom stereocenters. The molecule has 0 atom stereocenters. The van der Waals surface area contributed by atoms with Gasteiger partial charge in [0.15, 0.2) is 5.78 Å². The van der Waals surface area contributed by atoms with E-state index in [9.17, 15) is 13.2 Å². The number of ether oxygens (including phenoxy) is 1. The number of ketones is 1. The summed E-state index contributed by atoms with van der Waals surface area (Å²) in [4.78, 5) is 11.7. The molecular formula is C12H16O4S. The van der Waals surface area contributed by atoms with Crippen LogP contribution in [-0.2, 0) is 9.84 Å². The average Bonchev–Trinajstić information content (AvgIpc) is 2.27. The van der Waals surface area contributed by atoms with Gasteiger partial charge in [-0.3, -0.25) is 4.79 Å². The van der Waals surface area contributed by atoms with E-state index >= 15 is 0 Å². The van der Waals surface area contributed by atoms with E-state index in [1.165, 1.54) is 13.4 Å². The quantitative estimate of drug-likeness (QED) is 0.727. The zero-order valence-electron chi connectivity index (χ0n) is 9.97. The fourth-order valence-corrected chi connectivity index (χ4v) is 2.10. The number of sulfone groups is 1. The first-order valence-corrected chi connectivity index (χ1v) is 7.33. The van der Waals surface area contributed by atoms with E-state index in [4.69, 9.17) is 4.74 Å². The molecule has 1 aromatic rings. The van der Waals surface area contributed by atoms with E-state index in [0.29, 0.717) is 17.7 Å². The summed E-state index contributed by atoms with van der Waals surface area (Å²) in [6.07, 6.45) is 1.76. The van der Waals surface area contributed by atoms with Crippen molar-refractivity contribution < 1.29 is 17.9 Å². The molecule has 0 amide bonds. The van der Waals surface area contributed by atoms with Crippen molar-refractivity contribution in [1.29, 1.82) is 0 Å². The zero-order chi connectivity index (χ0) is 12.9. The Hall–Kier alpha value is -1.36. The minimum absolute atomic E-state index is 0.0444. The molecule has 0 aliphatic rings. The largest absolute Gasteiger partial charge is 0.497 e. The van der Waals surface area contributed by atoms with E-state index in [1.807, 2.05) is 0 Å². The Balaban J connectivity index is 2.58. The van der Waals surface area contributed by atoms with Crippen LogP contribution >= 0.6 is 0 Å². The number of rotatable bonds is 6.